The molecule has 0 bridgehead atoms. The summed E-state index contributed by atoms with van der Waals surface area (Å²) in [7, 11) is 2.95. The molecule has 0 radical (unpaired) electrons. The lowest BCUT2D eigenvalue weighted by Crippen LogP contribution is -1.92. The molecular weight excluding hydrogens is 292 g/mol. The summed E-state index contributed by atoms with van der Waals surface area (Å²) in [5, 5.41) is 33.2. The van der Waals surface area contributed by atoms with Crippen LogP contribution in [0, 0.1) is 4.91 Å². The van der Waals surface area contributed by atoms with E-state index in [9.17, 15) is 20.2 Å². The Bertz CT molecular complexity index is 915. The molecule has 1 heterocycles. The van der Waals surface area contributed by atoms with Crippen LogP contribution >= 0.6 is 0 Å². The highest BCUT2D eigenvalue weighted by atomic mass is 17.2. The van der Waals surface area contributed by atoms with Gasteiger partial charge in [-0.1, -0.05) is 0 Å². The first-order valence-corrected chi connectivity index (χ1v) is 6.23. The third-order valence-electron chi connectivity index (χ3n) is 3.54. The summed E-state index contributed by atoms with van der Waals surface area (Å²) in [6.45, 7) is 0. The van der Waals surface area contributed by atoms with Gasteiger partial charge in [0.25, 0.3) is 0 Å². The third kappa shape index (κ3) is 1.74. The molecule has 0 spiro atoms. The highest BCUT2D eigenvalue weighted by Gasteiger charge is 2.21. The van der Waals surface area contributed by atoms with E-state index in [0.717, 1.165) is 0 Å². The van der Waals surface area contributed by atoms with Crippen LogP contribution in [0.2, 0.25) is 0 Å². The summed E-state index contributed by atoms with van der Waals surface area (Å²) < 4.78 is 1.55. The van der Waals surface area contributed by atoms with E-state index in [0.29, 0.717) is 16.3 Å². The van der Waals surface area contributed by atoms with E-state index in [1.54, 1.807) is 17.7 Å². The molecule has 1 aromatic heterocycles. The Labute approximate surface area is 123 Å². The normalized spacial score (nSPS) is 11.2. The molecule has 114 valence electrons. The van der Waals surface area contributed by atoms with Gasteiger partial charge in [-0.3, -0.25) is 0 Å². The van der Waals surface area contributed by atoms with Crippen LogP contribution in [0.15, 0.2) is 23.4 Å². The summed E-state index contributed by atoms with van der Waals surface area (Å²) >= 11 is 0. The predicted molar refractivity (Wildman–Crippen MR) is 78.5 cm³/mol. The molecule has 3 N–H and O–H groups in total. The van der Waals surface area contributed by atoms with E-state index < -0.39 is 17.2 Å². The Kier molecular flexibility index (Phi) is 3.03. The maximum atomic E-state index is 11.1. The Balaban J connectivity index is 2.55. The molecule has 22 heavy (non-hydrogen) atoms. The topological polar surface area (TPSA) is 114 Å². The highest BCUT2D eigenvalue weighted by Crippen LogP contribution is 2.47. The number of hydrogen-bond donors (Lipinski definition) is 3. The number of benzene rings is 2. The van der Waals surface area contributed by atoms with Crippen LogP contribution in [0.3, 0.4) is 0 Å². The van der Waals surface area contributed by atoms with Gasteiger partial charge in [0.2, 0.25) is 5.75 Å². The second-order valence-corrected chi connectivity index (χ2v) is 4.73. The Morgan fingerprint density at radius 2 is 1.86 bits per heavy atom. The van der Waals surface area contributed by atoms with Crippen molar-refractivity contribution >= 4 is 27.5 Å². The maximum absolute atomic E-state index is 11.1. The maximum Gasteiger partial charge on any atom is 0.202 e. The van der Waals surface area contributed by atoms with Crippen molar-refractivity contribution in [3.8, 4) is 23.0 Å². The highest BCUT2D eigenvalue weighted by molar-refractivity contribution is 6.16. The molecule has 0 aliphatic carbocycles. The van der Waals surface area contributed by atoms with Gasteiger partial charge in [0.05, 0.1) is 18.1 Å². The molecule has 8 nitrogen and oxygen atoms in total. The minimum absolute atomic E-state index is 0.0552. The van der Waals surface area contributed by atoms with E-state index in [-0.39, 0.29) is 17.0 Å². The van der Waals surface area contributed by atoms with Gasteiger partial charge in [-0.05, 0) is 11.2 Å². The average molecular weight is 304 g/mol. The molecule has 0 amide bonds. The number of nitroso groups, excluding NO2 is 1. The standard InChI is InChI=1S/C14H12N2O6/c1-16-9-4-6(22-21-2)3-8(15-20)11(9)7-5-10(17)13(18)14(19)12(7)16/h3-5,17-19H,1-2H3. The lowest BCUT2D eigenvalue weighted by molar-refractivity contribution is -0.178. The van der Waals surface area contributed by atoms with Gasteiger partial charge in [0.15, 0.2) is 17.2 Å². The van der Waals surface area contributed by atoms with Crippen LogP contribution in [-0.4, -0.2) is 27.0 Å². The van der Waals surface area contributed by atoms with E-state index in [1.165, 1.54) is 19.2 Å². The SMILES string of the molecule is COOc1cc(N=O)c2c3cc(O)c(O)c(O)c3n(C)c2c1. The van der Waals surface area contributed by atoms with Gasteiger partial charge in [-0.2, -0.15) is 4.89 Å². The number of phenolic OH excluding ortho intramolecular Hbond substituents is 3. The minimum atomic E-state index is -0.632. The molecule has 0 saturated carbocycles. The van der Waals surface area contributed by atoms with Crippen molar-refractivity contribution in [3.63, 3.8) is 0 Å². The minimum Gasteiger partial charge on any atom is -0.504 e. The number of fused-ring (bicyclic) bond motifs is 3. The number of aromatic nitrogens is 1. The van der Waals surface area contributed by atoms with Gasteiger partial charge >= 0.3 is 0 Å². The number of aryl methyl sites for hydroxylation is 1. The van der Waals surface area contributed by atoms with Crippen LogP contribution in [0.25, 0.3) is 21.8 Å². The molecular formula is C14H12N2O6. The van der Waals surface area contributed by atoms with E-state index in [4.69, 9.17) is 4.89 Å². The quantitative estimate of drug-likeness (QED) is 0.297. The molecule has 0 aliphatic heterocycles. The average Bonchev–Trinajstić information content (AvgIpc) is 2.77. The molecule has 0 unspecified atom stereocenters. The zero-order valence-corrected chi connectivity index (χ0v) is 11.7. The van der Waals surface area contributed by atoms with Crippen molar-refractivity contribution in [2.24, 2.45) is 12.2 Å². The molecule has 8 heteroatoms. The lowest BCUT2D eigenvalue weighted by atomic mass is 10.1. The van der Waals surface area contributed by atoms with Gasteiger partial charge in [-0.15, -0.1) is 4.91 Å². The monoisotopic (exact) mass is 304 g/mol. The molecule has 0 atom stereocenters. The largest absolute Gasteiger partial charge is 0.504 e. The van der Waals surface area contributed by atoms with Gasteiger partial charge < -0.3 is 24.8 Å². The summed E-state index contributed by atoms with van der Waals surface area (Å²) in [4.78, 5) is 20.6. The second-order valence-electron chi connectivity index (χ2n) is 4.73. The van der Waals surface area contributed by atoms with Crippen molar-refractivity contribution < 1.29 is 25.1 Å². The zero-order chi connectivity index (χ0) is 16.0. The molecule has 3 rings (SSSR count). The summed E-state index contributed by atoms with van der Waals surface area (Å²) in [6.07, 6.45) is 0. The smallest absolute Gasteiger partial charge is 0.202 e. The van der Waals surface area contributed by atoms with Crippen LogP contribution < -0.4 is 4.89 Å². The van der Waals surface area contributed by atoms with Crippen LogP contribution in [0.5, 0.6) is 23.0 Å². The van der Waals surface area contributed by atoms with Gasteiger partial charge in [0.1, 0.15) is 5.69 Å². The number of hydrogen-bond acceptors (Lipinski definition) is 7. The predicted octanol–water partition coefficient (Wildman–Crippen LogP) is 2.79. The lowest BCUT2D eigenvalue weighted by Gasteiger charge is -2.04. The van der Waals surface area contributed by atoms with Crippen LogP contribution in [-0.2, 0) is 11.9 Å². The molecule has 3 aromatic rings. The third-order valence-corrected chi connectivity index (χ3v) is 3.54. The fourth-order valence-electron chi connectivity index (χ4n) is 2.63. The Hall–Kier alpha value is -3.00. The fraction of sp³-hybridized carbons (Fsp3) is 0.143. The van der Waals surface area contributed by atoms with Gasteiger partial charge in [-0.25, -0.2) is 0 Å². The molecule has 0 fully saturated rings. The van der Waals surface area contributed by atoms with E-state index in [1.807, 2.05) is 0 Å². The Morgan fingerprint density at radius 1 is 1.14 bits per heavy atom. The number of aromatic hydroxyl groups is 3. The summed E-state index contributed by atoms with van der Waals surface area (Å²) in [5.74, 6) is -1.36. The zero-order valence-electron chi connectivity index (χ0n) is 11.7. The number of phenols is 3. The van der Waals surface area contributed by atoms with Crippen LogP contribution in [0.4, 0.5) is 5.69 Å². The Morgan fingerprint density at radius 3 is 2.50 bits per heavy atom. The van der Waals surface area contributed by atoms with Crippen molar-refractivity contribution in [2.75, 3.05) is 7.11 Å². The molecule has 0 aliphatic rings. The van der Waals surface area contributed by atoms with Crippen molar-refractivity contribution in [1.29, 1.82) is 0 Å². The first-order valence-electron chi connectivity index (χ1n) is 6.23. The number of rotatable bonds is 3. The van der Waals surface area contributed by atoms with E-state index in [2.05, 4.69) is 10.1 Å². The van der Waals surface area contributed by atoms with Crippen molar-refractivity contribution in [2.45, 2.75) is 0 Å². The van der Waals surface area contributed by atoms with Crippen molar-refractivity contribution in [1.82, 2.24) is 4.57 Å². The molecule has 0 saturated heterocycles. The summed E-state index contributed by atoms with van der Waals surface area (Å²) in [5.41, 5.74) is 0.823. The van der Waals surface area contributed by atoms with Crippen LogP contribution in [0.1, 0.15) is 0 Å². The van der Waals surface area contributed by atoms with Crippen molar-refractivity contribution in [3.05, 3.63) is 23.1 Å². The first kappa shape index (κ1) is 14.0. The van der Waals surface area contributed by atoms with Gasteiger partial charge in [0, 0.05) is 30.0 Å². The summed E-state index contributed by atoms with van der Waals surface area (Å²) in [6, 6.07) is 4.22. The first-order chi connectivity index (χ1) is 10.5. The number of nitrogens with zero attached hydrogens (tertiary/aromatic N) is 2. The second kappa shape index (κ2) is 4.78. The van der Waals surface area contributed by atoms with E-state index >= 15 is 0 Å². The fourth-order valence-corrected chi connectivity index (χ4v) is 2.63. The molecule has 2 aromatic carbocycles.